The summed E-state index contributed by atoms with van der Waals surface area (Å²) in [6.45, 7) is 10.1. The van der Waals surface area contributed by atoms with Crippen LogP contribution in [0.15, 0.2) is 35.2 Å². The molecule has 2 amide bonds. The number of carbonyl (C=O) groups is 2. The first-order valence-electron chi connectivity index (χ1n) is 11.9. The number of anilines is 1. The van der Waals surface area contributed by atoms with E-state index in [1.54, 1.807) is 43.1 Å². The average molecular weight is 504 g/mol. The Bertz CT molecular complexity index is 1030. The van der Waals surface area contributed by atoms with Crippen LogP contribution in [0.2, 0.25) is 0 Å². The third kappa shape index (κ3) is 6.82. The number of nitrogens with zero attached hydrogens (tertiary/aromatic N) is 3. The van der Waals surface area contributed by atoms with E-state index in [2.05, 4.69) is 20.5 Å². The van der Waals surface area contributed by atoms with Crippen LogP contribution in [0.3, 0.4) is 0 Å². The van der Waals surface area contributed by atoms with Gasteiger partial charge in [0, 0.05) is 50.0 Å². The molecule has 36 heavy (non-hydrogen) atoms. The maximum Gasteiger partial charge on any atom is 0.268 e. The number of oxazole rings is 1. The van der Waals surface area contributed by atoms with Gasteiger partial charge >= 0.3 is 0 Å². The number of rotatable bonds is 10. The van der Waals surface area contributed by atoms with E-state index in [1.165, 1.54) is 13.5 Å². The summed E-state index contributed by atoms with van der Waals surface area (Å²) < 4.78 is 10.7. The standard InChI is InChI=1S/C25H37N5O6/c1-24(2,15-31)23(34)30-10-8-29(9-11-30)14-25(3,4)28-22(33)21(32)27-17-6-7-18(19(12-17)35-5)20-13-26-16-36-20/h6-7,12-13,16,22,28,31,33H,8-11,14-15H2,1-5H3,(H,27,32). The highest BCUT2D eigenvalue weighted by Crippen LogP contribution is 2.32. The molecule has 0 aliphatic carbocycles. The van der Waals surface area contributed by atoms with Crippen LogP contribution in [-0.4, -0.2) is 95.0 Å². The van der Waals surface area contributed by atoms with Gasteiger partial charge in [-0.1, -0.05) is 0 Å². The monoisotopic (exact) mass is 503 g/mol. The highest BCUT2D eigenvalue weighted by molar-refractivity contribution is 5.94. The molecular weight excluding hydrogens is 466 g/mol. The molecule has 1 saturated heterocycles. The molecule has 2 aromatic rings. The second kappa shape index (κ2) is 11.4. The van der Waals surface area contributed by atoms with Crippen LogP contribution in [0, 0.1) is 5.41 Å². The fraction of sp³-hybridized carbons (Fsp3) is 0.560. The number of aliphatic hydroxyl groups excluding tert-OH is 2. The summed E-state index contributed by atoms with van der Waals surface area (Å²) in [7, 11) is 1.52. The molecule has 2 heterocycles. The van der Waals surface area contributed by atoms with E-state index in [0.29, 0.717) is 55.5 Å². The van der Waals surface area contributed by atoms with Crippen molar-refractivity contribution in [3.8, 4) is 17.1 Å². The van der Waals surface area contributed by atoms with Crippen molar-refractivity contribution < 1.29 is 29.0 Å². The maximum atomic E-state index is 12.7. The first-order chi connectivity index (χ1) is 17.0. The van der Waals surface area contributed by atoms with Crippen molar-refractivity contribution in [2.45, 2.75) is 39.5 Å². The summed E-state index contributed by atoms with van der Waals surface area (Å²) in [6, 6.07) is 5.08. The number of hydrogen-bond donors (Lipinski definition) is 4. The smallest absolute Gasteiger partial charge is 0.268 e. The summed E-state index contributed by atoms with van der Waals surface area (Å²) in [5, 5.41) is 25.7. The number of methoxy groups -OCH3 is 1. The van der Waals surface area contributed by atoms with Gasteiger partial charge in [0.15, 0.2) is 18.4 Å². The Labute approximate surface area is 211 Å². The van der Waals surface area contributed by atoms with Gasteiger partial charge in [-0.15, -0.1) is 0 Å². The van der Waals surface area contributed by atoms with E-state index < -0.39 is 23.1 Å². The summed E-state index contributed by atoms with van der Waals surface area (Å²) in [4.78, 5) is 33.1. The van der Waals surface area contributed by atoms with Crippen LogP contribution >= 0.6 is 0 Å². The Morgan fingerprint density at radius 1 is 1.19 bits per heavy atom. The predicted octanol–water partition coefficient (Wildman–Crippen LogP) is 1.14. The topological polar surface area (TPSA) is 140 Å². The van der Waals surface area contributed by atoms with Crippen LogP contribution in [0.1, 0.15) is 27.7 Å². The van der Waals surface area contributed by atoms with Crippen molar-refractivity contribution in [1.82, 2.24) is 20.1 Å². The SMILES string of the molecule is COc1cc(NC(=O)C(O)NC(C)(C)CN2CCN(C(=O)C(C)(C)CO)CC2)ccc1-c1cnco1. The van der Waals surface area contributed by atoms with Crippen molar-refractivity contribution in [3.05, 3.63) is 30.8 Å². The van der Waals surface area contributed by atoms with Gasteiger partial charge in [-0.25, -0.2) is 4.98 Å². The second-order valence-electron chi connectivity index (χ2n) is 10.3. The number of piperazine rings is 1. The number of amides is 2. The first-order valence-corrected chi connectivity index (χ1v) is 11.9. The minimum absolute atomic E-state index is 0.0559. The van der Waals surface area contributed by atoms with E-state index in [9.17, 15) is 19.8 Å². The van der Waals surface area contributed by atoms with Gasteiger partial charge in [0.25, 0.3) is 5.91 Å². The lowest BCUT2D eigenvalue weighted by molar-refractivity contribution is -0.144. The van der Waals surface area contributed by atoms with Gasteiger partial charge < -0.3 is 29.6 Å². The number of hydrogen-bond acceptors (Lipinski definition) is 9. The molecule has 1 aliphatic heterocycles. The Hall–Kier alpha value is -2.99. The highest BCUT2D eigenvalue weighted by Gasteiger charge is 2.34. The predicted molar refractivity (Wildman–Crippen MR) is 134 cm³/mol. The highest BCUT2D eigenvalue weighted by atomic mass is 16.5. The molecule has 1 aliphatic rings. The Kier molecular flexibility index (Phi) is 8.72. The van der Waals surface area contributed by atoms with Crippen LogP contribution in [0.4, 0.5) is 5.69 Å². The average Bonchev–Trinajstić information content (AvgIpc) is 3.38. The van der Waals surface area contributed by atoms with Gasteiger partial charge in [-0.2, -0.15) is 0 Å². The molecule has 198 valence electrons. The summed E-state index contributed by atoms with van der Waals surface area (Å²) >= 11 is 0. The third-order valence-electron chi connectivity index (χ3n) is 6.20. The van der Waals surface area contributed by atoms with E-state index in [-0.39, 0.29) is 12.5 Å². The quantitative estimate of drug-likeness (QED) is 0.351. The van der Waals surface area contributed by atoms with Gasteiger partial charge in [0.2, 0.25) is 5.91 Å². The van der Waals surface area contributed by atoms with Crippen molar-refractivity contribution >= 4 is 17.5 Å². The Morgan fingerprint density at radius 3 is 2.47 bits per heavy atom. The summed E-state index contributed by atoms with van der Waals surface area (Å²) in [5.41, 5.74) is -0.220. The fourth-order valence-corrected chi connectivity index (χ4v) is 4.18. The number of aromatic nitrogens is 1. The van der Waals surface area contributed by atoms with Crippen LogP contribution < -0.4 is 15.4 Å². The third-order valence-corrected chi connectivity index (χ3v) is 6.20. The summed E-state index contributed by atoms with van der Waals surface area (Å²) in [5.74, 6) is 0.377. The molecule has 11 nitrogen and oxygen atoms in total. The lowest BCUT2D eigenvalue weighted by Gasteiger charge is -2.41. The largest absolute Gasteiger partial charge is 0.496 e. The first kappa shape index (κ1) is 27.6. The number of carbonyl (C=O) groups excluding carboxylic acids is 2. The molecule has 0 saturated carbocycles. The van der Waals surface area contributed by atoms with E-state index in [1.807, 2.05) is 13.8 Å². The zero-order chi connectivity index (χ0) is 26.5. The van der Waals surface area contributed by atoms with Gasteiger partial charge in [-0.05, 0) is 39.8 Å². The number of nitrogens with one attached hydrogen (secondary N) is 2. The van der Waals surface area contributed by atoms with E-state index >= 15 is 0 Å². The molecule has 11 heteroatoms. The Morgan fingerprint density at radius 2 is 1.89 bits per heavy atom. The minimum Gasteiger partial charge on any atom is -0.496 e. The van der Waals surface area contributed by atoms with Gasteiger partial charge in [0.05, 0.1) is 30.9 Å². The minimum atomic E-state index is -1.44. The zero-order valence-corrected chi connectivity index (χ0v) is 21.6. The Balaban J connectivity index is 1.52. The van der Waals surface area contributed by atoms with Crippen molar-refractivity contribution in [3.63, 3.8) is 0 Å². The van der Waals surface area contributed by atoms with E-state index in [0.717, 1.165) is 0 Å². The summed E-state index contributed by atoms with van der Waals surface area (Å²) in [6.07, 6.45) is 1.46. The number of ether oxygens (including phenoxy) is 1. The molecule has 4 N–H and O–H groups in total. The van der Waals surface area contributed by atoms with Crippen molar-refractivity contribution in [1.29, 1.82) is 0 Å². The molecule has 1 aromatic heterocycles. The van der Waals surface area contributed by atoms with Crippen molar-refractivity contribution in [2.75, 3.05) is 51.8 Å². The molecule has 1 aromatic carbocycles. The van der Waals surface area contributed by atoms with E-state index in [4.69, 9.17) is 9.15 Å². The molecule has 1 atom stereocenters. The fourth-order valence-electron chi connectivity index (χ4n) is 4.18. The van der Waals surface area contributed by atoms with Gasteiger partial charge in [0.1, 0.15) is 5.75 Å². The molecule has 3 rings (SSSR count). The molecule has 1 unspecified atom stereocenters. The normalized spacial score (nSPS) is 16.0. The molecule has 1 fully saturated rings. The second-order valence-corrected chi connectivity index (χ2v) is 10.3. The van der Waals surface area contributed by atoms with Crippen molar-refractivity contribution in [2.24, 2.45) is 5.41 Å². The van der Waals surface area contributed by atoms with Crippen LogP contribution in [0.5, 0.6) is 5.75 Å². The lowest BCUT2D eigenvalue weighted by Crippen LogP contribution is -2.59. The van der Waals surface area contributed by atoms with Gasteiger partial charge in [-0.3, -0.25) is 19.8 Å². The lowest BCUT2D eigenvalue weighted by atomic mass is 9.92. The maximum absolute atomic E-state index is 12.7. The zero-order valence-electron chi connectivity index (χ0n) is 21.6. The molecule has 0 radical (unpaired) electrons. The number of aliphatic hydroxyl groups is 2. The molecule has 0 bridgehead atoms. The van der Waals surface area contributed by atoms with Crippen LogP contribution in [0.25, 0.3) is 11.3 Å². The molecule has 0 spiro atoms. The number of benzene rings is 1. The molecular formula is C25H37N5O6. The van der Waals surface area contributed by atoms with Crippen LogP contribution in [-0.2, 0) is 9.59 Å².